The Labute approximate surface area is 184 Å². The van der Waals surface area contributed by atoms with Gasteiger partial charge in [-0.2, -0.15) is 0 Å². The van der Waals surface area contributed by atoms with Crippen LogP contribution in [0.2, 0.25) is 0 Å². The number of benzene rings is 2. The number of ether oxygens (including phenoxy) is 2. The molecule has 0 aliphatic carbocycles. The first-order valence-electron chi connectivity index (χ1n) is 10.8. The Morgan fingerprint density at radius 2 is 1.81 bits per heavy atom. The highest BCUT2D eigenvalue weighted by atomic mass is 16.5. The summed E-state index contributed by atoms with van der Waals surface area (Å²) in [6.45, 7) is 5.73. The second-order valence-electron chi connectivity index (χ2n) is 8.37. The van der Waals surface area contributed by atoms with E-state index in [1.165, 1.54) is 0 Å². The molecular formula is C25H32N2O4. The molecule has 0 aromatic heterocycles. The summed E-state index contributed by atoms with van der Waals surface area (Å²) >= 11 is 0. The average molecular weight is 425 g/mol. The number of carbonyl (C=O) groups excluding carboxylic acids is 2. The second-order valence-corrected chi connectivity index (χ2v) is 8.37. The van der Waals surface area contributed by atoms with E-state index in [1.807, 2.05) is 36.4 Å². The fourth-order valence-corrected chi connectivity index (χ4v) is 4.05. The molecule has 0 bridgehead atoms. The summed E-state index contributed by atoms with van der Waals surface area (Å²) in [6, 6.07) is 14.8. The lowest BCUT2D eigenvalue weighted by Crippen LogP contribution is -2.36. The van der Waals surface area contributed by atoms with Gasteiger partial charge in [0.2, 0.25) is 5.91 Å². The lowest BCUT2D eigenvalue weighted by molar-refractivity contribution is -0.124. The fraction of sp³-hybridized carbons (Fsp3) is 0.440. The van der Waals surface area contributed by atoms with Gasteiger partial charge in [0.15, 0.2) is 0 Å². The summed E-state index contributed by atoms with van der Waals surface area (Å²) in [4.78, 5) is 28.0. The largest absolute Gasteiger partial charge is 0.497 e. The number of nitrogens with one attached hydrogen (secondary N) is 1. The Bertz CT molecular complexity index is 898. The number of methoxy groups -OCH3 is 2. The molecule has 0 saturated carbocycles. The van der Waals surface area contributed by atoms with Crippen molar-refractivity contribution in [1.29, 1.82) is 0 Å². The number of likely N-dealkylation sites (tertiary alicyclic amines) is 1. The van der Waals surface area contributed by atoms with E-state index < -0.39 is 0 Å². The number of hydrogen-bond acceptors (Lipinski definition) is 4. The summed E-state index contributed by atoms with van der Waals surface area (Å²) in [5.74, 6) is 1.28. The van der Waals surface area contributed by atoms with Gasteiger partial charge in [0, 0.05) is 42.7 Å². The van der Waals surface area contributed by atoms with Crippen LogP contribution >= 0.6 is 0 Å². The second kappa shape index (κ2) is 10.3. The first-order chi connectivity index (χ1) is 14.9. The number of carbonyl (C=O) groups is 2. The highest BCUT2D eigenvalue weighted by molar-refractivity contribution is 5.95. The molecule has 6 heteroatoms. The Balaban J connectivity index is 1.88. The SMILES string of the molecule is COc1ccc([C@H]2CN(C(=O)c3ccccc3)C[C@@H]2C(=O)NCCC(C)C)c(OC)c1. The summed E-state index contributed by atoms with van der Waals surface area (Å²) in [5, 5.41) is 3.07. The first-order valence-corrected chi connectivity index (χ1v) is 10.8. The maximum Gasteiger partial charge on any atom is 0.253 e. The molecule has 0 radical (unpaired) electrons. The summed E-state index contributed by atoms with van der Waals surface area (Å²) in [7, 11) is 3.22. The van der Waals surface area contributed by atoms with E-state index in [4.69, 9.17) is 9.47 Å². The van der Waals surface area contributed by atoms with Gasteiger partial charge in [0.1, 0.15) is 11.5 Å². The molecule has 3 rings (SSSR count). The van der Waals surface area contributed by atoms with Crippen molar-refractivity contribution in [3.63, 3.8) is 0 Å². The van der Waals surface area contributed by atoms with Crippen LogP contribution in [0.15, 0.2) is 48.5 Å². The summed E-state index contributed by atoms with van der Waals surface area (Å²) in [6.07, 6.45) is 0.918. The van der Waals surface area contributed by atoms with Gasteiger partial charge in [0.25, 0.3) is 5.91 Å². The molecule has 166 valence electrons. The van der Waals surface area contributed by atoms with Crippen molar-refractivity contribution in [3.05, 3.63) is 59.7 Å². The quantitative estimate of drug-likeness (QED) is 0.701. The van der Waals surface area contributed by atoms with E-state index in [9.17, 15) is 9.59 Å². The van der Waals surface area contributed by atoms with Crippen LogP contribution in [-0.2, 0) is 4.79 Å². The third-order valence-electron chi connectivity index (χ3n) is 5.83. The lowest BCUT2D eigenvalue weighted by atomic mass is 9.87. The zero-order valence-corrected chi connectivity index (χ0v) is 18.8. The molecule has 1 saturated heterocycles. The Hall–Kier alpha value is -3.02. The molecule has 2 aromatic rings. The van der Waals surface area contributed by atoms with Gasteiger partial charge >= 0.3 is 0 Å². The molecule has 31 heavy (non-hydrogen) atoms. The van der Waals surface area contributed by atoms with Crippen molar-refractivity contribution < 1.29 is 19.1 Å². The zero-order chi connectivity index (χ0) is 22.4. The summed E-state index contributed by atoms with van der Waals surface area (Å²) in [5.41, 5.74) is 1.54. The molecule has 2 aromatic carbocycles. The van der Waals surface area contributed by atoms with E-state index in [1.54, 1.807) is 31.3 Å². The van der Waals surface area contributed by atoms with Crippen LogP contribution in [0.1, 0.15) is 42.1 Å². The van der Waals surface area contributed by atoms with Crippen LogP contribution in [-0.4, -0.2) is 50.6 Å². The van der Waals surface area contributed by atoms with E-state index in [-0.39, 0.29) is 23.7 Å². The topological polar surface area (TPSA) is 67.9 Å². The van der Waals surface area contributed by atoms with E-state index >= 15 is 0 Å². The average Bonchev–Trinajstić information content (AvgIpc) is 3.23. The molecular weight excluding hydrogens is 392 g/mol. The van der Waals surface area contributed by atoms with Crippen LogP contribution in [0, 0.1) is 11.8 Å². The highest BCUT2D eigenvalue weighted by Crippen LogP contribution is 2.39. The summed E-state index contributed by atoms with van der Waals surface area (Å²) < 4.78 is 10.9. The molecule has 1 fully saturated rings. The number of amides is 2. The van der Waals surface area contributed by atoms with Crippen LogP contribution in [0.5, 0.6) is 11.5 Å². The monoisotopic (exact) mass is 424 g/mol. The standard InChI is InChI=1S/C25H32N2O4/c1-17(2)12-13-26-24(28)22-16-27(25(29)18-8-6-5-7-9-18)15-21(22)20-11-10-19(30-3)14-23(20)31-4/h5-11,14,17,21-22H,12-13,15-16H2,1-4H3,(H,26,28)/t21-,22+/m1/s1. The minimum Gasteiger partial charge on any atom is -0.497 e. The normalized spacial score (nSPS) is 18.2. The van der Waals surface area contributed by atoms with Gasteiger partial charge in [0.05, 0.1) is 20.1 Å². The number of nitrogens with zero attached hydrogens (tertiary/aromatic N) is 1. The van der Waals surface area contributed by atoms with Crippen molar-refractivity contribution in [1.82, 2.24) is 10.2 Å². The molecule has 1 aliphatic heterocycles. The molecule has 2 atom stereocenters. The number of rotatable bonds is 8. The molecule has 1 heterocycles. The van der Waals surface area contributed by atoms with Crippen molar-refractivity contribution in [2.45, 2.75) is 26.2 Å². The molecule has 2 amide bonds. The third kappa shape index (κ3) is 5.37. The third-order valence-corrected chi connectivity index (χ3v) is 5.83. The van der Waals surface area contributed by atoms with Crippen molar-refractivity contribution in [3.8, 4) is 11.5 Å². The maximum atomic E-state index is 13.1. The van der Waals surface area contributed by atoms with Gasteiger partial charge < -0.3 is 19.7 Å². The minimum absolute atomic E-state index is 0.0214. The predicted octanol–water partition coefficient (Wildman–Crippen LogP) is 3.72. The smallest absolute Gasteiger partial charge is 0.253 e. The predicted molar refractivity (Wildman–Crippen MR) is 121 cm³/mol. The van der Waals surface area contributed by atoms with Gasteiger partial charge in [-0.15, -0.1) is 0 Å². The molecule has 1 N–H and O–H groups in total. The molecule has 0 unspecified atom stereocenters. The van der Waals surface area contributed by atoms with Crippen LogP contribution < -0.4 is 14.8 Å². The van der Waals surface area contributed by atoms with E-state index in [2.05, 4.69) is 19.2 Å². The fourth-order valence-electron chi connectivity index (χ4n) is 4.05. The minimum atomic E-state index is -0.345. The van der Waals surface area contributed by atoms with E-state index in [0.29, 0.717) is 42.6 Å². The molecule has 1 aliphatic rings. The van der Waals surface area contributed by atoms with Crippen molar-refractivity contribution in [2.24, 2.45) is 11.8 Å². The van der Waals surface area contributed by atoms with Crippen molar-refractivity contribution >= 4 is 11.8 Å². The van der Waals surface area contributed by atoms with Crippen LogP contribution in [0.25, 0.3) is 0 Å². The van der Waals surface area contributed by atoms with Gasteiger partial charge in [-0.3, -0.25) is 9.59 Å². The molecule has 0 spiro atoms. The van der Waals surface area contributed by atoms with Crippen molar-refractivity contribution in [2.75, 3.05) is 33.9 Å². The Morgan fingerprint density at radius 3 is 2.45 bits per heavy atom. The highest BCUT2D eigenvalue weighted by Gasteiger charge is 2.41. The Kier molecular flexibility index (Phi) is 7.55. The van der Waals surface area contributed by atoms with Gasteiger partial charge in [-0.05, 0) is 30.5 Å². The first kappa shape index (κ1) is 22.7. The Morgan fingerprint density at radius 1 is 1.06 bits per heavy atom. The van der Waals surface area contributed by atoms with Crippen LogP contribution in [0.4, 0.5) is 0 Å². The zero-order valence-electron chi connectivity index (χ0n) is 18.8. The maximum absolute atomic E-state index is 13.1. The van der Waals surface area contributed by atoms with Crippen LogP contribution in [0.3, 0.4) is 0 Å². The number of hydrogen-bond donors (Lipinski definition) is 1. The van der Waals surface area contributed by atoms with Gasteiger partial charge in [-0.25, -0.2) is 0 Å². The van der Waals surface area contributed by atoms with Gasteiger partial charge in [-0.1, -0.05) is 38.1 Å². The van der Waals surface area contributed by atoms with E-state index in [0.717, 1.165) is 12.0 Å². The lowest BCUT2D eigenvalue weighted by Gasteiger charge is -2.21. The molecule has 6 nitrogen and oxygen atoms in total.